The van der Waals surface area contributed by atoms with Crippen LogP contribution in [0.1, 0.15) is 57.1 Å². The van der Waals surface area contributed by atoms with Crippen LogP contribution < -0.4 is 10.6 Å². The zero-order valence-corrected chi connectivity index (χ0v) is 19.7. The lowest BCUT2D eigenvalue weighted by Gasteiger charge is -2.32. The van der Waals surface area contributed by atoms with Crippen LogP contribution in [-0.2, 0) is 17.9 Å². The highest BCUT2D eigenvalue weighted by molar-refractivity contribution is 14.0. The van der Waals surface area contributed by atoms with Gasteiger partial charge in [-0.1, -0.05) is 38.1 Å². The smallest absolute Gasteiger partial charge is 0.222 e. The number of carbonyl (C=O) groups is 1. The Hall–Kier alpha value is -1.31. The summed E-state index contributed by atoms with van der Waals surface area (Å²) in [5.41, 5.74) is 2.41. The Morgan fingerprint density at radius 1 is 1.18 bits per heavy atom. The molecule has 2 aliphatic rings. The van der Waals surface area contributed by atoms with Crippen molar-refractivity contribution in [3.8, 4) is 0 Å². The van der Waals surface area contributed by atoms with Gasteiger partial charge in [0, 0.05) is 39.1 Å². The van der Waals surface area contributed by atoms with Gasteiger partial charge in [-0.05, 0) is 48.6 Å². The number of guanidine groups is 1. The number of benzene rings is 1. The van der Waals surface area contributed by atoms with Crippen molar-refractivity contribution in [3.63, 3.8) is 0 Å². The van der Waals surface area contributed by atoms with Crippen LogP contribution in [0.3, 0.4) is 0 Å². The summed E-state index contributed by atoms with van der Waals surface area (Å²) in [6.45, 7) is 7.03. The summed E-state index contributed by atoms with van der Waals surface area (Å²) < 4.78 is 0. The number of nitrogens with zero attached hydrogens (tertiary/aromatic N) is 2. The first-order valence-electron chi connectivity index (χ1n) is 10.4. The molecule has 3 rings (SSSR count). The van der Waals surface area contributed by atoms with Crippen LogP contribution in [-0.4, -0.2) is 36.4 Å². The number of amides is 1. The second-order valence-corrected chi connectivity index (χ2v) is 8.42. The molecule has 5 nitrogen and oxygen atoms in total. The molecule has 1 amide bonds. The third kappa shape index (κ3) is 6.64. The van der Waals surface area contributed by atoms with Gasteiger partial charge in [-0.3, -0.25) is 9.79 Å². The lowest BCUT2D eigenvalue weighted by atomic mass is 9.80. The molecule has 1 aromatic rings. The normalized spacial score (nSPS) is 25.4. The molecule has 0 spiro atoms. The van der Waals surface area contributed by atoms with Gasteiger partial charge in [-0.2, -0.15) is 0 Å². The predicted molar refractivity (Wildman–Crippen MR) is 126 cm³/mol. The molecule has 6 heteroatoms. The molecule has 0 bridgehead atoms. The molecule has 1 saturated heterocycles. The molecule has 2 atom stereocenters. The number of aliphatic imine (C=N–C) groups is 1. The number of carbonyl (C=O) groups excluding carboxylic acids is 1. The summed E-state index contributed by atoms with van der Waals surface area (Å²) in [5, 5.41) is 7.05. The predicted octanol–water partition coefficient (Wildman–Crippen LogP) is 3.92. The molecular weight excluding hydrogens is 463 g/mol. The van der Waals surface area contributed by atoms with Gasteiger partial charge in [-0.15, -0.1) is 24.0 Å². The summed E-state index contributed by atoms with van der Waals surface area (Å²) in [5.74, 6) is 2.70. The van der Waals surface area contributed by atoms with Gasteiger partial charge in [0.25, 0.3) is 0 Å². The highest BCUT2D eigenvalue weighted by Gasteiger charge is 2.24. The molecule has 1 aliphatic heterocycles. The second-order valence-electron chi connectivity index (χ2n) is 8.42. The maximum absolute atomic E-state index is 11.8. The van der Waals surface area contributed by atoms with E-state index in [1.807, 2.05) is 11.9 Å². The van der Waals surface area contributed by atoms with Gasteiger partial charge < -0.3 is 15.5 Å². The van der Waals surface area contributed by atoms with Crippen molar-refractivity contribution in [2.75, 3.05) is 13.6 Å². The highest BCUT2D eigenvalue weighted by Crippen LogP contribution is 2.28. The standard InChI is InChI=1S/C22H34N4O.HI/c1-16-10-17(2)12-20(11-16)25-22(23-3)24-14-18-6-4-7-19(13-18)15-26-9-5-8-21(26)27;/h4,6-7,13,16-17,20H,5,8-12,14-15H2,1-3H3,(H2,23,24,25);1H. The highest BCUT2D eigenvalue weighted by atomic mass is 127. The van der Waals surface area contributed by atoms with Crippen molar-refractivity contribution in [1.82, 2.24) is 15.5 Å². The number of nitrogens with one attached hydrogen (secondary N) is 2. The van der Waals surface area contributed by atoms with Gasteiger partial charge in [0.05, 0.1) is 0 Å². The van der Waals surface area contributed by atoms with E-state index in [1.165, 1.54) is 30.4 Å². The molecule has 1 aliphatic carbocycles. The lowest BCUT2D eigenvalue weighted by Crippen LogP contribution is -2.45. The van der Waals surface area contributed by atoms with Crippen molar-refractivity contribution in [2.45, 2.75) is 65.1 Å². The Bertz CT molecular complexity index is 668. The van der Waals surface area contributed by atoms with E-state index < -0.39 is 0 Å². The SMILES string of the molecule is CN=C(NCc1cccc(CN2CCCC2=O)c1)NC1CC(C)CC(C)C1.I. The summed E-state index contributed by atoms with van der Waals surface area (Å²) in [6, 6.07) is 9.00. The van der Waals surface area contributed by atoms with Crippen LogP contribution in [0.25, 0.3) is 0 Å². The minimum atomic E-state index is 0. The van der Waals surface area contributed by atoms with Crippen molar-refractivity contribution >= 4 is 35.8 Å². The van der Waals surface area contributed by atoms with Gasteiger partial charge in [0.1, 0.15) is 0 Å². The topological polar surface area (TPSA) is 56.7 Å². The maximum Gasteiger partial charge on any atom is 0.222 e. The van der Waals surface area contributed by atoms with Crippen molar-refractivity contribution < 1.29 is 4.79 Å². The van der Waals surface area contributed by atoms with E-state index in [9.17, 15) is 4.79 Å². The first-order valence-corrected chi connectivity index (χ1v) is 10.4. The van der Waals surface area contributed by atoms with Gasteiger partial charge >= 0.3 is 0 Å². The molecule has 1 heterocycles. The minimum absolute atomic E-state index is 0. The van der Waals surface area contributed by atoms with Gasteiger partial charge in [0.2, 0.25) is 5.91 Å². The Kier molecular flexibility index (Phi) is 9.05. The van der Waals surface area contributed by atoms with E-state index in [0.717, 1.165) is 43.9 Å². The Balaban J connectivity index is 0.00000280. The van der Waals surface area contributed by atoms with E-state index in [2.05, 4.69) is 53.7 Å². The van der Waals surface area contributed by atoms with Crippen LogP contribution in [0.4, 0.5) is 0 Å². The van der Waals surface area contributed by atoms with Crippen LogP contribution in [0.2, 0.25) is 0 Å². The molecule has 2 unspecified atom stereocenters. The Morgan fingerprint density at radius 3 is 2.54 bits per heavy atom. The molecule has 0 radical (unpaired) electrons. The number of likely N-dealkylation sites (tertiary alicyclic amines) is 1. The molecule has 2 fully saturated rings. The molecular formula is C22H35IN4O. The number of hydrogen-bond donors (Lipinski definition) is 2. The molecule has 1 saturated carbocycles. The van der Waals surface area contributed by atoms with Gasteiger partial charge in [-0.25, -0.2) is 0 Å². The van der Waals surface area contributed by atoms with Gasteiger partial charge in [0.15, 0.2) is 5.96 Å². The van der Waals surface area contributed by atoms with E-state index in [4.69, 9.17) is 0 Å². The Labute approximate surface area is 186 Å². The fraction of sp³-hybridized carbons (Fsp3) is 0.636. The zero-order chi connectivity index (χ0) is 19.2. The quantitative estimate of drug-likeness (QED) is 0.368. The van der Waals surface area contributed by atoms with E-state index in [1.54, 1.807) is 0 Å². The van der Waals surface area contributed by atoms with Crippen LogP contribution in [0.15, 0.2) is 29.3 Å². The molecule has 0 aromatic heterocycles. The lowest BCUT2D eigenvalue weighted by molar-refractivity contribution is -0.128. The third-order valence-electron chi connectivity index (χ3n) is 5.74. The summed E-state index contributed by atoms with van der Waals surface area (Å²) in [6.07, 6.45) is 5.44. The average molecular weight is 498 g/mol. The second kappa shape index (κ2) is 11.0. The Morgan fingerprint density at radius 2 is 1.89 bits per heavy atom. The summed E-state index contributed by atoms with van der Waals surface area (Å²) in [7, 11) is 1.83. The fourth-order valence-corrected chi connectivity index (χ4v) is 4.57. The summed E-state index contributed by atoms with van der Waals surface area (Å²) in [4.78, 5) is 18.2. The number of hydrogen-bond acceptors (Lipinski definition) is 2. The van der Waals surface area contributed by atoms with Crippen molar-refractivity contribution in [1.29, 1.82) is 0 Å². The summed E-state index contributed by atoms with van der Waals surface area (Å²) >= 11 is 0. The van der Waals surface area contributed by atoms with Crippen molar-refractivity contribution in [2.24, 2.45) is 16.8 Å². The molecule has 2 N–H and O–H groups in total. The monoisotopic (exact) mass is 498 g/mol. The molecule has 28 heavy (non-hydrogen) atoms. The molecule has 1 aromatic carbocycles. The van der Waals surface area contributed by atoms with E-state index >= 15 is 0 Å². The van der Waals surface area contributed by atoms with Crippen LogP contribution >= 0.6 is 24.0 Å². The molecule has 156 valence electrons. The van der Waals surface area contributed by atoms with E-state index in [0.29, 0.717) is 12.5 Å². The third-order valence-corrected chi connectivity index (χ3v) is 5.74. The number of rotatable bonds is 5. The minimum Gasteiger partial charge on any atom is -0.354 e. The zero-order valence-electron chi connectivity index (χ0n) is 17.4. The fourth-order valence-electron chi connectivity index (χ4n) is 4.57. The van der Waals surface area contributed by atoms with Crippen LogP contribution in [0, 0.1) is 11.8 Å². The first-order chi connectivity index (χ1) is 13.0. The van der Waals surface area contributed by atoms with Crippen LogP contribution in [0.5, 0.6) is 0 Å². The largest absolute Gasteiger partial charge is 0.354 e. The van der Waals surface area contributed by atoms with Crippen molar-refractivity contribution in [3.05, 3.63) is 35.4 Å². The average Bonchev–Trinajstić information content (AvgIpc) is 3.03. The van der Waals surface area contributed by atoms with E-state index in [-0.39, 0.29) is 29.9 Å². The maximum atomic E-state index is 11.8. The number of halogens is 1. The first kappa shape index (κ1) is 23.0.